The third kappa shape index (κ3) is 4.18. The number of benzene rings is 1. The molecule has 0 saturated carbocycles. The van der Waals surface area contributed by atoms with Gasteiger partial charge in [-0.05, 0) is 24.5 Å². The first-order chi connectivity index (χ1) is 12.1. The lowest BCUT2D eigenvalue weighted by Gasteiger charge is -2.18. The maximum atomic E-state index is 12.1. The molecular weight excluding hydrogens is 318 g/mol. The van der Waals surface area contributed by atoms with Gasteiger partial charge in [-0.3, -0.25) is 4.79 Å². The van der Waals surface area contributed by atoms with Crippen LogP contribution < -0.4 is 4.74 Å². The molecule has 1 unspecified atom stereocenters. The summed E-state index contributed by atoms with van der Waals surface area (Å²) in [7, 11) is 0. The lowest BCUT2D eigenvalue weighted by Crippen LogP contribution is -2.29. The standard InChI is InChI=1S/C19H25N3O3/c1-4-8-24-16-7-5-6-14(9-16)18-20-19(25-21-18)15-10-17(23)22(12-15)11-13(2)3/h5-7,9,13,15H,4,8,10-12H2,1-3H3. The molecule has 0 radical (unpaired) electrons. The molecule has 0 N–H and O–H groups in total. The second kappa shape index (κ2) is 7.68. The molecule has 25 heavy (non-hydrogen) atoms. The van der Waals surface area contributed by atoms with Gasteiger partial charge in [-0.15, -0.1) is 0 Å². The Labute approximate surface area is 148 Å². The highest BCUT2D eigenvalue weighted by Gasteiger charge is 2.34. The first kappa shape index (κ1) is 17.5. The van der Waals surface area contributed by atoms with Gasteiger partial charge in [0.25, 0.3) is 0 Å². The van der Waals surface area contributed by atoms with Crippen LogP contribution in [0.1, 0.15) is 45.4 Å². The normalized spacial score (nSPS) is 17.5. The van der Waals surface area contributed by atoms with Crippen molar-refractivity contribution < 1.29 is 14.1 Å². The largest absolute Gasteiger partial charge is 0.494 e. The van der Waals surface area contributed by atoms with Gasteiger partial charge >= 0.3 is 0 Å². The zero-order valence-electron chi connectivity index (χ0n) is 15.1. The molecule has 0 bridgehead atoms. The summed E-state index contributed by atoms with van der Waals surface area (Å²) in [6.07, 6.45) is 1.40. The van der Waals surface area contributed by atoms with Gasteiger partial charge in [0.15, 0.2) is 0 Å². The molecule has 1 aliphatic heterocycles. The van der Waals surface area contributed by atoms with Crippen molar-refractivity contribution in [2.45, 2.75) is 39.5 Å². The molecular formula is C19H25N3O3. The van der Waals surface area contributed by atoms with Crippen LogP contribution >= 0.6 is 0 Å². The summed E-state index contributed by atoms with van der Waals surface area (Å²) < 4.78 is 11.1. The highest BCUT2D eigenvalue weighted by Crippen LogP contribution is 2.29. The van der Waals surface area contributed by atoms with Crippen molar-refractivity contribution in [2.75, 3.05) is 19.7 Å². The lowest BCUT2D eigenvalue weighted by atomic mass is 10.1. The molecule has 1 aromatic heterocycles. The van der Waals surface area contributed by atoms with Crippen LogP contribution in [0.4, 0.5) is 0 Å². The number of hydrogen-bond donors (Lipinski definition) is 0. The van der Waals surface area contributed by atoms with Crippen LogP contribution in [0.25, 0.3) is 11.4 Å². The zero-order chi connectivity index (χ0) is 17.8. The maximum absolute atomic E-state index is 12.1. The van der Waals surface area contributed by atoms with Gasteiger partial charge < -0.3 is 14.2 Å². The summed E-state index contributed by atoms with van der Waals surface area (Å²) in [4.78, 5) is 18.5. The highest BCUT2D eigenvalue weighted by molar-refractivity contribution is 5.79. The van der Waals surface area contributed by atoms with Crippen LogP contribution in [0.2, 0.25) is 0 Å². The number of hydrogen-bond acceptors (Lipinski definition) is 5. The number of carbonyl (C=O) groups excluding carboxylic acids is 1. The van der Waals surface area contributed by atoms with E-state index < -0.39 is 0 Å². The van der Waals surface area contributed by atoms with E-state index in [1.807, 2.05) is 29.2 Å². The van der Waals surface area contributed by atoms with Crippen molar-refractivity contribution in [1.29, 1.82) is 0 Å². The molecule has 1 atom stereocenters. The van der Waals surface area contributed by atoms with Crippen molar-refractivity contribution in [3.8, 4) is 17.1 Å². The van der Waals surface area contributed by atoms with Crippen molar-refractivity contribution in [3.63, 3.8) is 0 Å². The van der Waals surface area contributed by atoms with Gasteiger partial charge in [-0.2, -0.15) is 4.98 Å². The Balaban J connectivity index is 1.72. The van der Waals surface area contributed by atoms with E-state index in [0.29, 0.717) is 37.2 Å². The number of likely N-dealkylation sites (tertiary alicyclic amines) is 1. The van der Waals surface area contributed by atoms with Crippen LogP contribution in [-0.2, 0) is 4.79 Å². The van der Waals surface area contributed by atoms with Gasteiger partial charge in [0.2, 0.25) is 17.6 Å². The topological polar surface area (TPSA) is 68.5 Å². The first-order valence-corrected chi connectivity index (χ1v) is 8.91. The molecule has 0 aliphatic carbocycles. The molecule has 2 heterocycles. The fourth-order valence-corrected chi connectivity index (χ4v) is 3.02. The summed E-state index contributed by atoms with van der Waals surface area (Å²) in [5, 5.41) is 4.09. The fourth-order valence-electron chi connectivity index (χ4n) is 3.02. The SMILES string of the molecule is CCCOc1cccc(-c2noc(C3CC(=O)N(CC(C)C)C3)n2)c1. The van der Waals surface area contributed by atoms with E-state index in [-0.39, 0.29) is 11.8 Å². The van der Waals surface area contributed by atoms with Gasteiger partial charge in [0.1, 0.15) is 5.75 Å². The summed E-state index contributed by atoms with van der Waals surface area (Å²) in [5.74, 6) is 2.46. The predicted octanol–water partition coefficient (Wildman–Crippen LogP) is 3.50. The molecule has 0 spiro atoms. The Morgan fingerprint density at radius 3 is 3.00 bits per heavy atom. The van der Waals surface area contributed by atoms with Gasteiger partial charge in [-0.25, -0.2) is 0 Å². The Kier molecular flexibility index (Phi) is 5.36. The quantitative estimate of drug-likeness (QED) is 0.770. The summed E-state index contributed by atoms with van der Waals surface area (Å²) >= 11 is 0. The van der Waals surface area contributed by atoms with Crippen molar-refractivity contribution in [3.05, 3.63) is 30.2 Å². The van der Waals surface area contributed by atoms with Crippen molar-refractivity contribution in [2.24, 2.45) is 5.92 Å². The number of ether oxygens (including phenoxy) is 1. The molecule has 1 amide bonds. The third-order valence-electron chi connectivity index (χ3n) is 4.16. The van der Waals surface area contributed by atoms with Crippen molar-refractivity contribution in [1.82, 2.24) is 15.0 Å². The summed E-state index contributed by atoms with van der Waals surface area (Å²) in [5.41, 5.74) is 0.854. The van der Waals surface area contributed by atoms with E-state index in [9.17, 15) is 4.79 Å². The summed E-state index contributed by atoms with van der Waals surface area (Å²) in [6, 6.07) is 7.67. The van der Waals surface area contributed by atoms with E-state index in [2.05, 4.69) is 30.9 Å². The minimum Gasteiger partial charge on any atom is -0.494 e. The third-order valence-corrected chi connectivity index (χ3v) is 4.16. The van der Waals surface area contributed by atoms with Crippen LogP contribution in [0.3, 0.4) is 0 Å². The average molecular weight is 343 g/mol. The number of aromatic nitrogens is 2. The zero-order valence-corrected chi connectivity index (χ0v) is 15.1. The van der Waals surface area contributed by atoms with Crippen molar-refractivity contribution >= 4 is 5.91 Å². The van der Waals surface area contributed by atoms with Gasteiger partial charge in [-0.1, -0.05) is 38.1 Å². The monoisotopic (exact) mass is 343 g/mol. The van der Waals surface area contributed by atoms with Gasteiger partial charge in [0.05, 0.1) is 12.5 Å². The molecule has 3 rings (SSSR count). The van der Waals surface area contributed by atoms with Gasteiger partial charge in [0, 0.05) is 25.1 Å². The number of nitrogens with zero attached hydrogens (tertiary/aromatic N) is 3. The second-order valence-electron chi connectivity index (χ2n) is 6.93. The van der Waals surface area contributed by atoms with E-state index >= 15 is 0 Å². The van der Waals surface area contributed by atoms with Crippen LogP contribution in [-0.4, -0.2) is 40.6 Å². The second-order valence-corrected chi connectivity index (χ2v) is 6.93. The lowest BCUT2D eigenvalue weighted by molar-refractivity contribution is -0.128. The average Bonchev–Trinajstić information content (AvgIpc) is 3.20. The van der Waals surface area contributed by atoms with Crippen LogP contribution in [0.5, 0.6) is 5.75 Å². The molecule has 2 aromatic rings. The molecule has 1 saturated heterocycles. The Morgan fingerprint density at radius 2 is 2.24 bits per heavy atom. The first-order valence-electron chi connectivity index (χ1n) is 8.91. The Morgan fingerprint density at radius 1 is 1.40 bits per heavy atom. The molecule has 6 nitrogen and oxygen atoms in total. The van der Waals surface area contributed by atoms with Crippen LogP contribution in [0, 0.1) is 5.92 Å². The van der Waals surface area contributed by atoms with E-state index in [1.54, 1.807) is 0 Å². The predicted molar refractivity (Wildman–Crippen MR) is 94.3 cm³/mol. The number of rotatable bonds is 7. The minimum absolute atomic E-state index is 0.0213. The van der Waals surface area contributed by atoms with Crippen LogP contribution in [0.15, 0.2) is 28.8 Å². The fraction of sp³-hybridized carbons (Fsp3) is 0.526. The van der Waals surface area contributed by atoms with E-state index in [0.717, 1.165) is 24.3 Å². The molecule has 134 valence electrons. The van der Waals surface area contributed by atoms with E-state index in [1.165, 1.54) is 0 Å². The molecule has 1 aliphatic rings. The Hall–Kier alpha value is -2.37. The van der Waals surface area contributed by atoms with E-state index in [4.69, 9.17) is 9.26 Å². The number of amides is 1. The Bertz CT molecular complexity index is 726. The minimum atomic E-state index is -0.0213. The summed E-state index contributed by atoms with van der Waals surface area (Å²) in [6.45, 7) is 8.39. The smallest absolute Gasteiger partial charge is 0.232 e. The molecule has 1 fully saturated rings. The molecule has 1 aromatic carbocycles. The molecule has 6 heteroatoms. The number of carbonyl (C=O) groups is 1. The highest BCUT2D eigenvalue weighted by atomic mass is 16.5. The maximum Gasteiger partial charge on any atom is 0.232 e.